The second kappa shape index (κ2) is 8.46. The molecule has 32 heavy (non-hydrogen) atoms. The average molecular weight is 490 g/mol. The number of halogens is 2. The number of hydrogen-bond donors (Lipinski definition) is 2. The highest BCUT2D eigenvalue weighted by Gasteiger charge is 2.27. The second-order valence-electron chi connectivity index (χ2n) is 7.18. The van der Waals surface area contributed by atoms with Crippen molar-refractivity contribution in [2.24, 2.45) is 0 Å². The summed E-state index contributed by atoms with van der Waals surface area (Å²) in [6.07, 6.45) is 2.36. The van der Waals surface area contributed by atoms with Gasteiger partial charge in [0.2, 0.25) is 10.0 Å². The van der Waals surface area contributed by atoms with E-state index >= 15 is 0 Å². The highest BCUT2D eigenvalue weighted by atomic mass is 35.5. The predicted octanol–water partition coefficient (Wildman–Crippen LogP) is 4.04. The molecule has 0 spiro atoms. The van der Waals surface area contributed by atoms with E-state index in [9.17, 15) is 18.0 Å². The lowest BCUT2D eigenvalue weighted by Gasteiger charge is -2.13. The van der Waals surface area contributed by atoms with Gasteiger partial charge in [-0.05, 0) is 42.0 Å². The smallest absolute Gasteiger partial charge is 0.282 e. The number of pyridine rings is 1. The second-order valence-corrected chi connectivity index (χ2v) is 9.77. The lowest BCUT2D eigenvalue weighted by Crippen LogP contribution is -2.32. The van der Waals surface area contributed by atoms with Crippen LogP contribution in [-0.2, 0) is 16.6 Å². The average Bonchev–Trinajstić information content (AvgIpc) is 3.02. The van der Waals surface area contributed by atoms with Gasteiger partial charge in [-0.25, -0.2) is 13.1 Å². The normalized spacial score (nSPS) is 11.6. The molecule has 2 N–H and O–H groups in total. The Kier molecular flexibility index (Phi) is 5.85. The highest BCUT2D eigenvalue weighted by molar-refractivity contribution is 7.89. The van der Waals surface area contributed by atoms with Crippen LogP contribution in [-0.4, -0.2) is 30.1 Å². The van der Waals surface area contributed by atoms with Gasteiger partial charge in [0, 0.05) is 44.8 Å². The summed E-state index contributed by atoms with van der Waals surface area (Å²) >= 11 is 12.6. The molecule has 0 fully saturated rings. The molecule has 0 aliphatic carbocycles. The SMILES string of the molecule is CS(=O)(=O)NC(=O)c1c(-c2ccc[nH]c2=O)c2cc(Cl)ccc2n1Cc1ccccc1Cl. The molecule has 1 amide bonds. The van der Waals surface area contributed by atoms with Crippen molar-refractivity contribution in [2.75, 3.05) is 6.26 Å². The van der Waals surface area contributed by atoms with Crippen LogP contribution in [0.1, 0.15) is 16.1 Å². The molecular weight excluding hydrogens is 473 g/mol. The fourth-order valence-corrected chi connectivity index (χ4v) is 4.43. The molecule has 0 saturated heterocycles. The quantitative estimate of drug-likeness (QED) is 0.441. The van der Waals surface area contributed by atoms with Crippen molar-refractivity contribution in [1.29, 1.82) is 0 Å². The molecule has 10 heteroatoms. The summed E-state index contributed by atoms with van der Waals surface area (Å²) in [5.41, 5.74) is 1.35. The fourth-order valence-electron chi connectivity index (χ4n) is 3.63. The Morgan fingerprint density at radius 1 is 1.09 bits per heavy atom. The van der Waals surface area contributed by atoms with Gasteiger partial charge < -0.3 is 9.55 Å². The zero-order chi connectivity index (χ0) is 23.0. The van der Waals surface area contributed by atoms with E-state index in [1.54, 1.807) is 53.1 Å². The summed E-state index contributed by atoms with van der Waals surface area (Å²) in [5.74, 6) is -0.870. The maximum Gasteiger partial charge on any atom is 0.282 e. The summed E-state index contributed by atoms with van der Waals surface area (Å²) in [6.45, 7) is 0.162. The summed E-state index contributed by atoms with van der Waals surface area (Å²) in [5, 5.41) is 1.41. The first-order valence-electron chi connectivity index (χ1n) is 9.41. The molecule has 2 aromatic heterocycles. The van der Waals surface area contributed by atoms with Crippen LogP contribution in [0.25, 0.3) is 22.0 Å². The number of aromatic nitrogens is 2. The summed E-state index contributed by atoms with van der Waals surface area (Å²) in [4.78, 5) is 28.5. The van der Waals surface area contributed by atoms with Crippen LogP contribution in [0.2, 0.25) is 10.0 Å². The predicted molar refractivity (Wildman–Crippen MR) is 126 cm³/mol. The fraction of sp³-hybridized carbons (Fsp3) is 0.0909. The molecule has 7 nitrogen and oxygen atoms in total. The van der Waals surface area contributed by atoms with Gasteiger partial charge in [-0.3, -0.25) is 9.59 Å². The number of sulfonamides is 1. The maximum absolute atomic E-state index is 13.2. The standard InChI is InChI=1S/C22H17Cl2N3O4S/c1-32(30,31)26-22(29)20-19(15-6-4-10-25-21(15)28)16-11-14(23)8-9-18(16)27(20)12-13-5-2-3-7-17(13)24/h2-11H,12H2,1H3,(H,25,28)(H,26,29). The molecule has 2 aromatic carbocycles. The molecular formula is C22H17Cl2N3O4S. The third-order valence-corrected chi connectivity index (χ3v) is 6.05. The van der Waals surface area contributed by atoms with Gasteiger partial charge in [-0.2, -0.15) is 0 Å². The minimum absolute atomic E-state index is 0.00399. The van der Waals surface area contributed by atoms with Gasteiger partial charge in [0.15, 0.2) is 0 Å². The van der Waals surface area contributed by atoms with E-state index in [4.69, 9.17) is 23.2 Å². The van der Waals surface area contributed by atoms with Crippen LogP contribution in [0.3, 0.4) is 0 Å². The third-order valence-electron chi connectivity index (χ3n) is 4.89. The van der Waals surface area contributed by atoms with E-state index in [1.165, 1.54) is 6.20 Å². The van der Waals surface area contributed by atoms with Crippen molar-refractivity contribution >= 4 is 50.0 Å². The number of amides is 1. The van der Waals surface area contributed by atoms with E-state index in [0.29, 0.717) is 26.5 Å². The molecule has 164 valence electrons. The minimum Gasteiger partial charge on any atom is -0.331 e. The van der Waals surface area contributed by atoms with Crippen molar-refractivity contribution in [3.63, 3.8) is 0 Å². The Morgan fingerprint density at radius 3 is 2.53 bits per heavy atom. The van der Waals surface area contributed by atoms with Gasteiger partial charge in [0.25, 0.3) is 11.5 Å². The van der Waals surface area contributed by atoms with Crippen molar-refractivity contribution in [1.82, 2.24) is 14.3 Å². The molecule has 0 aliphatic rings. The van der Waals surface area contributed by atoms with Crippen molar-refractivity contribution < 1.29 is 13.2 Å². The topological polar surface area (TPSA) is 101 Å². The zero-order valence-corrected chi connectivity index (χ0v) is 19.1. The number of H-pyrrole nitrogens is 1. The Labute approximate surface area is 193 Å². The van der Waals surface area contributed by atoms with E-state index in [-0.39, 0.29) is 23.4 Å². The molecule has 0 bridgehead atoms. The Morgan fingerprint density at radius 2 is 1.84 bits per heavy atom. The van der Waals surface area contributed by atoms with E-state index in [1.807, 2.05) is 10.8 Å². The van der Waals surface area contributed by atoms with Crippen molar-refractivity contribution in [3.8, 4) is 11.1 Å². The van der Waals surface area contributed by atoms with Crippen LogP contribution in [0.4, 0.5) is 0 Å². The number of rotatable bonds is 5. The first-order valence-corrected chi connectivity index (χ1v) is 12.1. The van der Waals surface area contributed by atoms with Crippen LogP contribution in [0, 0.1) is 0 Å². The van der Waals surface area contributed by atoms with Gasteiger partial charge in [-0.1, -0.05) is 41.4 Å². The number of benzene rings is 2. The lowest BCUT2D eigenvalue weighted by molar-refractivity contribution is 0.0974. The van der Waals surface area contributed by atoms with Crippen LogP contribution < -0.4 is 10.3 Å². The van der Waals surface area contributed by atoms with Gasteiger partial charge in [-0.15, -0.1) is 0 Å². The third kappa shape index (κ3) is 4.29. The Bertz CT molecular complexity index is 1520. The maximum atomic E-state index is 13.2. The molecule has 0 aliphatic heterocycles. The highest BCUT2D eigenvalue weighted by Crippen LogP contribution is 2.36. The molecule has 2 heterocycles. The van der Waals surface area contributed by atoms with Crippen LogP contribution >= 0.6 is 23.2 Å². The number of nitrogens with one attached hydrogen (secondary N) is 2. The number of carbonyl (C=O) groups is 1. The molecule has 4 aromatic rings. The Balaban J connectivity index is 2.10. The lowest BCUT2D eigenvalue weighted by atomic mass is 10.0. The monoisotopic (exact) mass is 489 g/mol. The van der Waals surface area contributed by atoms with Crippen LogP contribution in [0.15, 0.2) is 65.6 Å². The van der Waals surface area contributed by atoms with Crippen molar-refractivity contribution in [2.45, 2.75) is 6.54 Å². The van der Waals surface area contributed by atoms with Crippen molar-refractivity contribution in [3.05, 3.63) is 92.5 Å². The largest absolute Gasteiger partial charge is 0.331 e. The van der Waals surface area contributed by atoms with Gasteiger partial charge >= 0.3 is 0 Å². The van der Waals surface area contributed by atoms with E-state index in [0.717, 1.165) is 6.26 Å². The van der Waals surface area contributed by atoms with E-state index in [2.05, 4.69) is 4.98 Å². The van der Waals surface area contributed by atoms with E-state index < -0.39 is 21.5 Å². The Hall–Kier alpha value is -3.07. The molecule has 0 unspecified atom stereocenters. The summed E-state index contributed by atoms with van der Waals surface area (Å²) < 4.78 is 27.4. The number of hydrogen-bond acceptors (Lipinski definition) is 4. The van der Waals surface area contributed by atoms with Gasteiger partial charge in [0.05, 0.1) is 6.26 Å². The number of aromatic amines is 1. The molecule has 0 radical (unpaired) electrons. The zero-order valence-electron chi connectivity index (χ0n) is 16.7. The molecule has 0 atom stereocenters. The molecule has 0 saturated carbocycles. The first-order chi connectivity index (χ1) is 15.2. The number of nitrogens with zero attached hydrogens (tertiary/aromatic N) is 1. The minimum atomic E-state index is -3.87. The number of fused-ring (bicyclic) bond motifs is 1. The summed E-state index contributed by atoms with van der Waals surface area (Å²) in [7, 11) is -3.87. The van der Waals surface area contributed by atoms with Crippen LogP contribution in [0.5, 0.6) is 0 Å². The van der Waals surface area contributed by atoms with Gasteiger partial charge in [0.1, 0.15) is 5.69 Å². The number of carbonyl (C=O) groups excluding carboxylic acids is 1. The first kappa shape index (κ1) is 22.1. The summed E-state index contributed by atoms with van der Waals surface area (Å²) in [6, 6.07) is 15.3. The molecule has 4 rings (SSSR count).